The van der Waals surface area contributed by atoms with Gasteiger partial charge in [0.05, 0.1) is 15.2 Å². The van der Waals surface area contributed by atoms with E-state index in [-0.39, 0.29) is 10.9 Å². The standard InChI is InChI=1S/C23H13ClFN3OS/c24-16-12-18-20(13-17(16)25)30-23(27-18)28-21(15-9-5-2-6-10-15)26-19(22(28)29)11-14-7-3-1-4-8-14/h1-13H. The van der Waals surface area contributed by atoms with Gasteiger partial charge in [-0.1, -0.05) is 83.6 Å². The molecule has 3 aromatic carbocycles. The lowest BCUT2D eigenvalue weighted by Gasteiger charge is -2.14. The average Bonchev–Trinajstić information content (AvgIpc) is 3.30. The van der Waals surface area contributed by atoms with Crippen LogP contribution in [0.25, 0.3) is 16.3 Å². The molecule has 146 valence electrons. The first-order valence-corrected chi connectivity index (χ1v) is 10.3. The molecule has 1 amide bonds. The van der Waals surface area contributed by atoms with Crippen LogP contribution in [0.2, 0.25) is 5.02 Å². The lowest BCUT2D eigenvalue weighted by atomic mass is 10.2. The normalized spacial score (nSPS) is 15.3. The first-order chi connectivity index (χ1) is 14.6. The number of carbonyl (C=O) groups excluding carboxylic acids is 1. The Kier molecular flexibility index (Phi) is 4.65. The second-order valence-electron chi connectivity index (χ2n) is 6.61. The van der Waals surface area contributed by atoms with E-state index in [0.717, 1.165) is 11.1 Å². The fourth-order valence-electron chi connectivity index (χ4n) is 3.19. The molecule has 4 nitrogen and oxygen atoms in total. The van der Waals surface area contributed by atoms with Gasteiger partial charge in [-0.15, -0.1) is 0 Å². The van der Waals surface area contributed by atoms with E-state index in [1.165, 1.54) is 28.4 Å². The van der Waals surface area contributed by atoms with Crippen LogP contribution in [0.1, 0.15) is 11.1 Å². The molecule has 0 saturated carbocycles. The Morgan fingerprint density at radius 3 is 2.43 bits per heavy atom. The molecule has 30 heavy (non-hydrogen) atoms. The number of hydrogen-bond donors (Lipinski definition) is 0. The molecule has 0 unspecified atom stereocenters. The molecule has 5 rings (SSSR count). The van der Waals surface area contributed by atoms with Gasteiger partial charge >= 0.3 is 0 Å². The highest BCUT2D eigenvalue weighted by molar-refractivity contribution is 7.22. The fraction of sp³-hybridized carbons (Fsp3) is 0. The summed E-state index contributed by atoms with van der Waals surface area (Å²) in [5, 5.41) is 0.407. The van der Waals surface area contributed by atoms with Gasteiger partial charge in [-0.3, -0.25) is 4.79 Å². The Balaban J connectivity index is 1.65. The molecule has 0 spiro atoms. The number of halogens is 2. The van der Waals surface area contributed by atoms with Crippen molar-refractivity contribution in [1.82, 2.24) is 4.98 Å². The summed E-state index contributed by atoms with van der Waals surface area (Å²) in [7, 11) is 0. The zero-order valence-corrected chi connectivity index (χ0v) is 17.0. The molecule has 1 aliphatic heterocycles. The van der Waals surface area contributed by atoms with Crippen molar-refractivity contribution >= 4 is 56.1 Å². The van der Waals surface area contributed by atoms with Crippen LogP contribution in [0.5, 0.6) is 0 Å². The van der Waals surface area contributed by atoms with Gasteiger partial charge < -0.3 is 0 Å². The Morgan fingerprint density at radius 1 is 1.00 bits per heavy atom. The summed E-state index contributed by atoms with van der Waals surface area (Å²) in [4.78, 5) is 23.9. The predicted molar refractivity (Wildman–Crippen MR) is 119 cm³/mol. The largest absolute Gasteiger partial charge is 0.284 e. The first kappa shape index (κ1) is 18.7. The highest BCUT2D eigenvalue weighted by Gasteiger charge is 2.34. The number of amidine groups is 1. The number of aliphatic imine (C=N–C) groups is 1. The number of fused-ring (bicyclic) bond motifs is 1. The molecular weight excluding hydrogens is 421 g/mol. The van der Waals surface area contributed by atoms with Crippen molar-refractivity contribution < 1.29 is 9.18 Å². The van der Waals surface area contributed by atoms with E-state index in [4.69, 9.17) is 11.6 Å². The van der Waals surface area contributed by atoms with Crippen molar-refractivity contribution in [3.8, 4) is 0 Å². The van der Waals surface area contributed by atoms with Crippen LogP contribution in [-0.4, -0.2) is 16.7 Å². The predicted octanol–water partition coefficient (Wildman–Crippen LogP) is 5.92. The van der Waals surface area contributed by atoms with Gasteiger partial charge in [0.25, 0.3) is 5.91 Å². The lowest BCUT2D eigenvalue weighted by molar-refractivity contribution is -0.113. The summed E-state index contributed by atoms with van der Waals surface area (Å²) in [6.07, 6.45) is 1.75. The van der Waals surface area contributed by atoms with Crippen molar-refractivity contribution in [2.24, 2.45) is 4.99 Å². The SMILES string of the molecule is O=C1C(=Cc2ccccc2)N=C(c2ccccc2)N1c1nc2cc(Cl)c(F)cc2s1. The number of aromatic nitrogens is 1. The average molecular weight is 434 g/mol. The maximum Gasteiger partial charge on any atom is 0.284 e. The van der Waals surface area contributed by atoms with E-state index < -0.39 is 5.82 Å². The van der Waals surface area contributed by atoms with Crippen LogP contribution in [0.4, 0.5) is 9.52 Å². The number of carbonyl (C=O) groups is 1. The van der Waals surface area contributed by atoms with Gasteiger partial charge in [0, 0.05) is 5.56 Å². The van der Waals surface area contributed by atoms with E-state index in [2.05, 4.69) is 9.98 Å². The second kappa shape index (κ2) is 7.48. The molecule has 0 aliphatic carbocycles. The molecule has 2 heterocycles. The zero-order valence-electron chi connectivity index (χ0n) is 15.4. The Labute approximate surface area is 180 Å². The van der Waals surface area contributed by atoms with Gasteiger partial charge in [-0.25, -0.2) is 19.3 Å². The van der Waals surface area contributed by atoms with Crippen molar-refractivity contribution in [2.75, 3.05) is 4.90 Å². The number of rotatable bonds is 3. The molecule has 0 bridgehead atoms. The Hall–Kier alpha value is -3.35. The molecule has 1 aromatic heterocycles. The maximum atomic E-state index is 13.9. The Bertz CT molecular complexity index is 1290. The number of anilines is 1. The van der Waals surface area contributed by atoms with Crippen LogP contribution >= 0.6 is 22.9 Å². The van der Waals surface area contributed by atoms with Crippen LogP contribution in [-0.2, 0) is 4.79 Å². The maximum absolute atomic E-state index is 13.9. The molecule has 0 N–H and O–H groups in total. The molecule has 0 saturated heterocycles. The van der Waals surface area contributed by atoms with Crippen LogP contribution in [0, 0.1) is 5.82 Å². The minimum Gasteiger partial charge on any atom is -0.266 e. The highest BCUT2D eigenvalue weighted by Crippen LogP contribution is 2.35. The van der Waals surface area contributed by atoms with Gasteiger partial charge in [0.1, 0.15) is 17.3 Å². The summed E-state index contributed by atoms with van der Waals surface area (Å²) >= 11 is 7.11. The van der Waals surface area contributed by atoms with Crippen LogP contribution < -0.4 is 4.90 Å². The fourth-order valence-corrected chi connectivity index (χ4v) is 4.32. The minimum atomic E-state index is -0.520. The molecule has 1 aliphatic rings. The van der Waals surface area contributed by atoms with Crippen molar-refractivity contribution in [1.29, 1.82) is 0 Å². The van der Waals surface area contributed by atoms with Crippen molar-refractivity contribution in [3.05, 3.63) is 100 Å². The summed E-state index contributed by atoms with van der Waals surface area (Å²) in [6.45, 7) is 0. The van der Waals surface area contributed by atoms with Gasteiger partial charge in [0.15, 0.2) is 5.13 Å². The summed E-state index contributed by atoms with van der Waals surface area (Å²) in [5.41, 5.74) is 2.49. The van der Waals surface area contributed by atoms with Crippen molar-refractivity contribution in [3.63, 3.8) is 0 Å². The zero-order chi connectivity index (χ0) is 20.7. The number of hydrogen-bond acceptors (Lipinski definition) is 4. The number of nitrogens with zero attached hydrogens (tertiary/aromatic N) is 3. The summed E-state index contributed by atoms with van der Waals surface area (Å²) in [5.74, 6) is -0.328. The quantitative estimate of drug-likeness (QED) is 0.376. The summed E-state index contributed by atoms with van der Waals surface area (Å²) < 4.78 is 14.5. The third kappa shape index (κ3) is 3.30. The number of benzene rings is 3. The van der Waals surface area contributed by atoms with E-state index in [0.29, 0.717) is 26.9 Å². The van der Waals surface area contributed by atoms with Crippen LogP contribution in [0.3, 0.4) is 0 Å². The van der Waals surface area contributed by atoms with Gasteiger partial charge in [0.2, 0.25) is 0 Å². The molecule has 7 heteroatoms. The topological polar surface area (TPSA) is 45.6 Å². The van der Waals surface area contributed by atoms with Gasteiger partial charge in [-0.2, -0.15) is 0 Å². The molecule has 4 aromatic rings. The minimum absolute atomic E-state index is 0.00582. The molecule has 0 radical (unpaired) electrons. The molecule has 0 fully saturated rings. The molecule has 0 atom stereocenters. The number of amides is 1. The third-order valence-corrected chi connectivity index (χ3v) is 5.90. The van der Waals surface area contributed by atoms with E-state index in [9.17, 15) is 9.18 Å². The second-order valence-corrected chi connectivity index (χ2v) is 8.03. The van der Waals surface area contributed by atoms with E-state index >= 15 is 0 Å². The third-order valence-electron chi connectivity index (χ3n) is 4.61. The van der Waals surface area contributed by atoms with Crippen molar-refractivity contribution in [2.45, 2.75) is 0 Å². The highest BCUT2D eigenvalue weighted by atomic mass is 35.5. The van der Waals surface area contributed by atoms with Crippen LogP contribution in [0.15, 0.2) is 83.5 Å². The lowest BCUT2D eigenvalue weighted by Crippen LogP contribution is -2.32. The Morgan fingerprint density at radius 2 is 1.70 bits per heavy atom. The first-order valence-electron chi connectivity index (χ1n) is 9.11. The smallest absolute Gasteiger partial charge is 0.266 e. The number of thiazole rings is 1. The summed E-state index contributed by atoms with van der Waals surface area (Å²) in [6, 6.07) is 21.7. The van der Waals surface area contributed by atoms with Gasteiger partial charge in [-0.05, 0) is 23.8 Å². The van der Waals surface area contributed by atoms with E-state index in [1.54, 1.807) is 6.08 Å². The molecular formula is C23H13ClFN3OS. The van der Waals surface area contributed by atoms with E-state index in [1.807, 2.05) is 60.7 Å². The monoisotopic (exact) mass is 433 g/mol.